The summed E-state index contributed by atoms with van der Waals surface area (Å²) in [6.45, 7) is 1.30. The molecule has 1 N–H and O–H groups in total. The molecule has 0 bridgehead atoms. The second kappa shape index (κ2) is 7.05. The number of carbonyl (C=O) groups excluding carboxylic acids is 2. The molecule has 3 rings (SSSR count). The van der Waals surface area contributed by atoms with Gasteiger partial charge in [-0.25, -0.2) is 5.43 Å². The highest BCUT2D eigenvalue weighted by atomic mass is 16.2. The molecular formula is C18H19N3O2. The highest BCUT2D eigenvalue weighted by molar-refractivity contribution is 6.35. The van der Waals surface area contributed by atoms with Crippen LogP contribution in [0.1, 0.15) is 24.8 Å². The maximum absolute atomic E-state index is 12.0. The van der Waals surface area contributed by atoms with E-state index in [1.807, 2.05) is 42.5 Å². The fraction of sp³-hybridized carbons (Fsp3) is 0.278. The number of nitrogens with one attached hydrogen (secondary N) is 1. The Labute approximate surface area is 135 Å². The van der Waals surface area contributed by atoms with Gasteiger partial charge in [-0.2, -0.15) is 5.10 Å². The van der Waals surface area contributed by atoms with Crippen LogP contribution in [0.2, 0.25) is 0 Å². The molecule has 0 unspecified atom stereocenters. The minimum Gasteiger partial charge on any atom is -0.334 e. The van der Waals surface area contributed by atoms with Crippen LogP contribution in [-0.2, 0) is 9.59 Å². The molecular weight excluding hydrogens is 290 g/mol. The number of nitrogens with zero attached hydrogens (tertiary/aromatic N) is 2. The normalized spacial score (nSPS) is 15.0. The topological polar surface area (TPSA) is 61.8 Å². The summed E-state index contributed by atoms with van der Waals surface area (Å²) in [5.74, 6) is -1.18. The molecule has 0 saturated carbocycles. The lowest BCUT2D eigenvalue weighted by Crippen LogP contribution is -2.43. The third-order valence-electron chi connectivity index (χ3n) is 4.03. The molecule has 5 heteroatoms. The lowest BCUT2D eigenvalue weighted by molar-refractivity contribution is -0.146. The first kappa shape index (κ1) is 15.2. The molecule has 1 aliphatic rings. The van der Waals surface area contributed by atoms with E-state index >= 15 is 0 Å². The summed E-state index contributed by atoms with van der Waals surface area (Å²) in [5, 5.41) is 6.09. The first-order valence-corrected chi connectivity index (χ1v) is 7.86. The van der Waals surface area contributed by atoms with E-state index in [1.165, 1.54) is 0 Å². The Balaban J connectivity index is 1.66. The van der Waals surface area contributed by atoms with Crippen molar-refractivity contribution in [1.82, 2.24) is 10.3 Å². The summed E-state index contributed by atoms with van der Waals surface area (Å²) in [6.07, 6.45) is 4.60. The fourth-order valence-corrected chi connectivity index (χ4v) is 2.81. The van der Waals surface area contributed by atoms with E-state index in [4.69, 9.17) is 0 Å². The van der Waals surface area contributed by atoms with Gasteiger partial charge in [-0.15, -0.1) is 0 Å². The van der Waals surface area contributed by atoms with Crippen molar-refractivity contribution in [3.05, 3.63) is 48.0 Å². The smallest absolute Gasteiger partial charge is 0.329 e. The van der Waals surface area contributed by atoms with Gasteiger partial charge in [0.2, 0.25) is 0 Å². The van der Waals surface area contributed by atoms with Gasteiger partial charge in [0, 0.05) is 18.7 Å². The molecule has 1 heterocycles. The van der Waals surface area contributed by atoms with E-state index < -0.39 is 11.8 Å². The number of rotatable bonds is 2. The minimum absolute atomic E-state index is 0.500. The van der Waals surface area contributed by atoms with Gasteiger partial charge >= 0.3 is 11.8 Å². The van der Waals surface area contributed by atoms with Crippen LogP contribution in [0.3, 0.4) is 0 Å². The summed E-state index contributed by atoms with van der Waals surface area (Å²) >= 11 is 0. The van der Waals surface area contributed by atoms with Crippen molar-refractivity contribution >= 4 is 28.8 Å². The van der Waals surface area contributed by atoms with Crippen molar-refractivity contribution in [2.24, 2.45) is 5.10 Å². The van der Waals surface area contributed by atoms with Crippen LogP contribution in [0.4, 0.5) is 0 Å². The van der Waals surface area contributed by atoms with Gasteiger partial charge < -0.3 is 4.90 Å². The number of fused-ring (bicyclic) bond motifs is 1. The number of hydrazone groups is 1. The lowest BCUT2D eigenvalue weighted by Gasteiger charge is -2.25. The van der Waals surface area contributed by atoms with Crippen molar-refractivity contribution in [3.63, 3.8) is 0 Å². The molecule has 0 radical (unpaired) electrons. The predicted octanol–water partition coefficient (Wildman–Crippen LogP) is 2.30. The summed E-state index contributed by atoms with van der Waals surface area (Å²) in [7, 11) is 0. The van der Waals surface area contributed by atoms with Gasteiger partial charge in [0.25, 0.3) is 0 Å². The third-order valence-corrected chi connectivity index (χ3v) is 4.03. The first-order chi connectivity index (χ1) is 11.3. The Morgan fingerprint density at radius 2 is 1.74 bits per heavy atom. The van der Waals surface area contributed by atoms with Crippen molar-refractivity contribution in [2.45, 2.75) is 19.3 Å². The van der Waals surface area contributed by atoms with Gasteiger partial charge in [0.1, 0.15) is 0 Å². The number of benzene rings is 2. The Bertz CT molecular complexity index is 744. The number of amides is 2. The summed E-state index contributed by atoms with van der Waals surface area (Å²) in [5.41, 5.74) is 3.23. The molecule has 2 amide bonds. The average molecular weight is 309 g/mol. The van der Waals surface area contributed by atoms with E-state index in [2.05, 4.69) is 10.5 Å². The van der Waals surface area contributed by atoms with Crippen molar-refractivity contribution in [2.75, 3.05) is 13.1 Å². The van der Waals surface area contributed by atoms with Crippen LogP contribution >= 0.6 is 0 Å². The molecule has 1 fully saturated rings. The summed E-state index contributed by atoms with van der Waals surface area (Å²) < 4.78 is 0. The van der Waals surface area contributed by atoms with Crippen molar-refractivity contribution in [1.29, 1.82) is 0 Å². The van der Waals surface area contributed by atoms with Gasteiger partial charge in [0.05, 0.1) is 6.21 Å². The second-order valence-corrected chi connectivity index (χ2v) is 5.62. The molecule has 1 saturated heterocycles. The molecule has 0 spiro atoms. The molecule has 0 atom stereocenters. The predicted molar refractivity (Wildman–Crippen MR) is 90.1 cm³/mol. The van der Waals surface area contributed by atoms with E-state index in [0.717, 1.165) is 35.6 Å². The summed E-state index contributed by atoms with van der Waals surface area (Å²) in [6, 6.07) is 13.8. The van der Waals surface area contributed by atoms with E-state index in [1.54, 1.807) is 11.1 Å². The first-order valence-electron chi connectivity index (χ1n) is 7.86. The van der Waals surface area contributed by atoms with Crippen LogP contribution in [0.15, 0.2) is 47.6 Å². The maximum atomic E-state index is 12.0. The number of hydrogen-bond acceptors (Lipinski definition) is 3. The van der Waals surface area contributed by atoms with E-state index in [9.17, 15) is 9.59 Å². The second-order valence-electron chi connectivity index (χ2n) is 5.62. The standard InChI is InChI=1S/C18H19N3O2/c22-17(18(23)21-11-4-1-5-12-21)20-19-13-15-9-6-8-14-7-2-3-10-16(14)15/h2-3,6-10,13H,1,4-5,11-12H2,(H,20,22)/b19-13-. The molecule has 118 valence electrons. The maximum Gasteiger partial charge on any atom is 0.329 e. The van der Waals surface area contributed by atoms with Crippen LogP contribution in [0.5, 0.6) is 0 Å². The number of hydrogen-bond donors (Lipinski definition) is 1. The number of likely N-dealkylation sites (tertiary alicyclic amines) is 1. The van der Waals surface area contributed by atoms with E-state index in [-0.39, 0.29) is 0 Å². The molecule has 2 aromatic carbocycles. The van der Waals surface area contributed by atoms with Crippen LogP contribution < -0.4 is 5.43 Å². The van der Waals surface area contributed by atoms with E-state index in [0.29, 0.717) is 13.1 Å². The molecule has 5 nitrogen and oxygen atoms in total. The van der Waals surface area contributed by atoms with Crippen molar-refractivity contribution in [3.8, 4) is 0 Å². The molecule has 1 aliphatic heterocycles. The minimum atomic E-state index is -0.677. The van der Waals surface area contributed by atoms with Crippen LogP contribution in [0.25, 0.3) is 10.8 Å². The Morgan fingerprint density at radius 3 is 2.57 bits per heavy atom. The average Bonchev–Trinajstić information content (AvgIpc) is 2.62. The zero-order valence-corrected chi connectivity index (χ0v) is 12.9. The van der Waals surface area contributed by atoms with Gasteiger partial charge in [-0.05, 0) is 30.0 Å². The Morgan fingerprint density at radius 1 is 1.00 bits per heavy atom. The van der Waals surface area contributed by atoms with Gasteiger partial charge in [0.15, 0.2) is 0 Å². The molecule has 23 heavy (non-hydrogen) atoms. The Kier molecular flexibility index (Phi) is 4.66. The molecule has 0 aromatic heterocycles. The fourth-order valence-electron chi connectivity index (χ4n) is 2.81. The molecule has 0 aliphatic carbocycles. The zero-order valence-electron chi connectivity index (χ0n) is 12.9. The quantitative estimate of drug-likeness (QED) is 0.526. The van der Waals surface area contributed by atoms with Gasteiger partial charge in [-0.3, -0.25) is 9.59 Å². The number of carbonyl (C=O) groups is 2. The summed E-state index contributed by atoms with van der Waals surface area (Å²) in [4.78, 5) is 25.5. The molecule has 2 aromatic rings. The van der Waals surface area contributed by atoms with Crippen LogP contribution in [0, 0.1) is 0 Å². The van der Waals surface area contributed by atoms with Gasteiger partial charge in [-0.1, -0.05) is 42.5 Å². The third kappa shape index (κ3) is 3.56. The Hall–Kier alpha value is -2.69. The number of piperidine rings is 1. The monoisotopic (exact) mass is 309 g/mol. The highest BCUT2D eigenvalue weighted by Crippen LogP contribution is 2.16. The highest BCUT2D eigenvalue weighted by Gasteiger charge is 2.22. The van der Waals surface area contributed by atoms with Crippen molar-refractivity contribution < 1.29 is 9.59 Å². The largest absolute Gasteiger partial charge is 0.334 e. The lowest BCUT2D eigenvalue weighted by atomic mass is 10.1. The zero-order chi connectivity index (χ0) is 16.1. The SMILES string of the molecule is O=C(N/N=C\c1cccc2ccccc12)C(=O)N1CCCCC1. The van der Waals surface area contributed by atoms with Crippen LogP contribution in [-0.4, -0.2) is 36.0 Å².